The summed E-state index contributed by atoms with van der Waals surface area (Å²) in [5.41, 5.74) is 1.03. The molecule has 0 spiro atoms. The fourth-order valence-electron chi connectivity index (χ4n) is 1.12. The van der Waals surface area contributed by atoms with Crippen molar-refractivity contribution in [1.29, 1.82) is 0 Å². The van der Waals surface area contributed by atoms with Gasteiger partial charge in [-0.05, 0) is 11.6 Å². The van der Waals surface area contributed by atoms with Crippen LogP contribution in [0.3, 0.4) is 0 Å². The first-order chi connectivity index (χ1) is 7.84. The van der Waals surface area contributed by atoms with E-state index >= 15 is 0 Å². The molecule has 0 aliphatic carbocycles. The third-order valence-corrected chi connectivity index (χ3v) is 2.03. The summed E-state index contributed by atoms with van der Waals surface area (Å²) in [6, 6.07) is 9.79. The van der Waals surface area contributed by atoms with Crippen LogP contribution in [-0.4, -0.2) is 21.1 Å². The second-order valence-corrected chi connectivity index (χ2v) is 3.46. The first-order valence-electron chi connectivity index (χ1n) is 4.66. The second kappa shape index (κ2) is 5.23. The monoisotopic (exact) mass is 232 g/mol. The molecule has 0 radical (unpaired) electrons. The average Bonchev–Trinajstić information content (AvgIpc) is 2.81. The number of halogens is 1. The topological polar surface area (TPSA) is 43.1 Å². The molecule has 0 aliphatic rings. The van der Waals surface area contributed by atoms with E-state index in [0.717, 1.165) is 5.56 Å². The molecular formula is C11H9ClN4. The quantitative estimate of drug-likeness (QED) is 0.763. The number of nitrogens with zero attached hydrogens (tertiary/aromatic N) is 4. The summed E-state index contributed by atoms with van der Waals surface area (Å²) in [6.07, 6.45) is 6.35. The van der Waals surface area contributed by atoms with Crippen molar-refractivity contribution in [3.05, 3.63) is 53.6 Å². The summed E-state index contributed by atoms with van der Waals surface area (Å²) in [5.74, 6) is 0. The largest absolute Gasteiger partial charge is 0.208 e. The predicted molar refractivity (Wildman–Crippen MR) is 64.2 cm³/mol. The van der Waals surface area contributed by atoms with Gasteiger partial charge in [0.05, 0.1) is 11.2 Å². The lowest BCUT2D eigenvalue weighted by atomic mass is 10.2. The number of allylic oxidation sites excluding steroid dienone is 1. The van der Waals surface area contributed by atoms with Gasteiger partial charge < -0.3 is 0 Å². The van der Waals surface area contributed by atoms with Crippen molar-refractivity contribution in [3.63, 3.8) is 0 Å². The molecule has 0 saturated heterocycles. The molecule has 4 nitrogen and oxygen atoms in total. The summed E-state index contributed by atoms with van der Waals surface area (Å²) in [6.45, 7) is 0. The van der Waals surface area contributed by atoms with Crippen molar-refractivity contribution < 1.29 is 0 Å². The Morgan fingerprint density at radius 2 is 1.88 bits per heavy atom. The van der Waals surface area contributed by atoms with Crippen molar-refractivity contribution in [2.24, 2.45) is 5.10 Å². The van der Waals surface area contributed by atoms with Crippen LogP contribution in [0.15, 0.2) is 53.1 Å². The fourth-order valence-corrected chi connectivity index (χ4v) is 1.29. The molecule has 0 unspecified atom stereocenters. The Morgan fingerprint density at radius 1 is 1.19 bits per heavy atom. The Morgan fingerprint density at radius 3 is 2.56 bits per heavy atom. The summed E-state index contributed by atoms with van der Waals surface area (Å²) in [4.78, 5) is 0. The van der Waals surface area contributed by atoms with E-state index in [4.69, 9.17) is 11.6 Å². The Kier molecular flexibility index (Phi) is 3.46. The minimum absolute atomic E-state index is 0.542. The van der Waals surface area contributed by atoms with Gasteiger partial charge in [-0.2, -0.15) is 5.10 Å². The van der Waals surface area contributed by atoms with Crippen LogP contribution in [0.2, 0.25) is 0 Å². The molecule has 0 aliphatic heterocycles. The number of hydrogen-bond donors (Lipinski definition) is 0. The minimum Gasteiger partial charge on any atom is -0.208 e. The zero-order valence-corrected chi connectivity index (χ0v) is 9.12. The second-order valence-electron chi connectivity index (χ2n) is 3.03. The van der Waals surface area contributed by atoms with Crippen LogP contribution < -0.4 is 0 Å². The zero-order valence-electron chi connectivity index (χ0n) is 8.36. The van der Waals surface area contributed by atoms with Crippen LogP contribution in [0.25, 0.3) is 6.08 Å². The van der Waals surface area contributed by atoms with Gasteiger partial charge in [-0.1, -0.05) is 41.9 Å². The Bertz CT molecular complexity index is 488. The number of hydrogen-bond acceptors (Lipinski definition) is 3. The maximum absolute atomic E-state index is 5.99. The van der Waals surface area contributed by atoms with E-state index in [1.165, 1.54) is 23.5 Å². The van der Waals surface area contributed by atoms with Crippen LogP contribution in [0, 0.1) is 0 Å². The van der Waals surface area contributed by atoms with Gasteiger partial charge in [0.2, 0.25) is 0 Å². The van der Waals surface area contributed by atoms with E-state index in [2.05, 4.69) is 15.3 Å². The third kappa shape index (κ3) is 3.03. The van der Waals surface area contributed by atoms with E-state index in [1.54, 1.807) is 0 Å². The molecule has 0 bridgehead atoms. The molecule has 80 valence electrons. The van der Waals surface area contributed by atoms with E-state index in [9.17, 15) is 0 Å². The Hall–Kier alpha value is -1.94. The smallest absolute Gasteiger partial charge is 0.141 e. The van der Waals surface area contributed by atoms with Crippen LogP contribution >= 0.6 is 11.6 Å². The summed E-state index contributed by atoms with van der Waals surface area (Å²) < 4.78 is 1.47. The minimum atomic E-state index is 0.542. The first-order valence-corrected chi connectivity index (χ1v) is 5.03. The van der Waals surface area contributed by atoms with E-state index in [1.807, 2.05) is 36.4 Å². The highest BCUT2D eigenvalue weighted by Crippen LogP contribution is 2.07. The fraction of sp³-hybridized carbons (Fsp3) is 0. The molecule has 2 rings (SSSR count). The number of rotatable bonds is 3. The van der Waals surface area contributed by atoms with E-state index in [0.29, 0.717) is 5.03 Å². The molecule has 0 atom stereocenters. The highest BCUT2D eigenvalue weighted by molar-refractivity contribution is 6.41. The van der Waals surface area contributed by atoms with Gasteiger partial charge in [-0.3, -0.25) is 0 Å². The number of aromatic nitrogens is 3. The lowest BCUT2D eigenvalue weighted by Crippen LogP contribution is -1.84. The van der Waals surface area contributed by atoms with Crippen molar-refractivity contribution in [1.82, 2.24) is 14.9 Å². The standard InChI is InChI=1S/C11H9ClN4/c12-11(6-10-4-2-1-3-5-10)7-15-16-8-13-14-9-16/h1-9H/b11-6-,15-7-. The highest BCUT2D eigenvalue weighted by atomic mass is 35.5. The van der Waals surface area contributed by atoms with Gasteiger partial charge in [0, 0.05) is 0 Å². The molecule has 1 heterocycles. The van der Waals surface area contributed by atoms with Gasteiger partial charge in [-0.15, -0.1) is 10.2 Å². The molecular weight excluding hydrogens is 224 g/mol. The van der Waals surface area contributed by atoms with Crippen LogP contribution in [0.5, 0.6) is 0 Å². The molecule has 0 amide bonds. The van der Waals surface area contributed by atoms with Gasteiger partial charge in [0.1, 0.15) is 12.7 Å². The Labute approximate surface area is 97.9 Å². The van der Waals surface area contributed by atoms with Gasteiger partial charge in [-0.25, -0.2) is 4.68 Å². The predicted octanol–water partition coefficient (Wildman–Crippen LogP) is 2.39. The molecule has 1 aromatic heterocycles. The average molecular weight is 233 g/mol. The first kappa shape index (κ1) is 10.6. The molecule has 0 saturated carbocycles. The molecule has 2 aromatic rings. The van der Waals surface area contributed by atoms with Crippen LogP contribution in [-0.2, 0) is 0 Å². The van der Waals surface area contributed by atoms with Gasteiger partial charge >= 0.3 is 0 Å². The van der Waals surface area contributed by atoms with Crippen LogP contribution in [0.4, 0.5) is 0 Å². The molecule has 0 fully saturated rings. The maximum atomic E-state index is 5.99. The van der Waals surface area contributed by atoms with Crippen molar-refractivity contribution in [2.45, 2.75) is 0 Å². The van der Waals surface area contributed by atoms with Gasteiger partial charge in [0.25, 0.3) is 0 Å². The van der Waals surface area contributed by atoms with Gasteiger partial charge in [0.15, 0.2) is 0 Å². The Balaban J connectivity index is 2.09. The molecule has 0 N–H and O–H groups in total. The van der Waals surface area contributed by atoms with Crippen LogP contribution in [0.1, 0.15) is 5.56 Å². The SMILES string of the molecule is ClC(/C=N\n1cnnc1)=C\c1ccccc1. The molecule has 5 heteroatoms. The van der Waals surface area contributed by atoms with Crippen molar-refractivity contribution >= 4 is 23.9 Å². The highest BCUT2D eigenvalue weighted by Gasteiger charge is 1.90. The lowest BCUT2D eigenvalue weighted by molar-refractivity contribution is 0.879. The third-order valence-electron chi connectivity index (χ3n) is 1.83. The van der Waals surface area contributed by atoms with E-state index < -0.39 is 0 Å². The normalized spacial score (nSPS) is 12.2. The zero-order chi connectivity index (χ0) is 11.2. The summed E-state index contributed by atoms with van der Waals surface area (Å²) in [5, 5.41) is 11.8. The lowest BCUT2D eigenvalue weighted by Gasteiger charge is -1.92. The maximum Gasteiger partial charge on any atom is 0.141 e. The van der Waals surface area contributed by atoms with E-state index in [-0.39, 0.29) is 0 Å². The molecule has 1 aromatic carbocycles. The van der Waals surface area contributed by atoms with Crippen molar-refractivity contribution in [3.8, 4) is 0 Å². The van der Waals surface area contributed by atoms with Crippen molar-refractivity contribution in [2.75, 3.05) is 0 Å². The summed E-state index contributed by atoms with van der Waals surface area (Å²) >= 11 is 5.99. The molecule has 16 heavy (non-hydrogen) atoms. The number of benzene rings is 1. The summed E-state index contributed by atoms with van der Waals surface area (Å²) in [7, 11) is 0.